The van der Waals surface area contributed by atoms with E-state index < -0.39 is 0 Å². The number of amides is 1. The van der Waals surface area contributed by atoms with Crippen LogP contribution < -0.4 is 15.5 Å². The fraction of sp³-hybridized carbons (Fsp3) is 0.579. The summed E-state index contributed by atoms with van der Waals surface area (Å²) in [5.41, 5.74) is 0. The fourth-order valence-corrected chi connectivity index (χ4v) is 3.34. The molecule has 9 heteroatoms. The maximum atomic E-state index is 12.2. The Morgan fingerprint density at radius 3 is 2.86 bits per heavy atom. The van der Waals surface area contributed by atoms with Crippen LogP contribution in [0.25, 0.3) is 0 Å². The van der Waals surface area contributed by atoms with E-state index in [2.05, 4.69) is 39.6 Å². The van der Waals surface area contributed by atoms with Crippen LogP contribution in [0.1, 0.15) is 32.4 Å². The van der Waals surface area contributed by atoms with Crippen molar-refractivity contribution in [2.24, 2.45) is 5.92 Å². The topological polar surface area (TPSA) is 105 Å². The van der Waals surface area contributed by atoms with Gasteiger partial charge in [0.05, 0.1) is 18.7 Å². The number of ether oxygens (including phenoxy) is 1. The first-order valence-electron chi connectivity index (χ1n) is 9.57. The highest BCUT2D eigenvalue weighted by atomic mass is 16.5. The monoisotopic (exact) mass is 388 g/mol. The largest absolute Gasteiger partial charge is 0.376 e. The number of nitrogens with one attached hydrogen (secondary N) is 2. The summed E-state index contributed by atoms with van der Waals surface area (Å²) < 4.78 is 10.9. The molecule has 9 nitrogen and oxygen atoms in total. The van der Waals surface area contributed by atoms with E-state index in [-0.39, 0.29) is 24.6 Å². The molecule has 1 aliphatic rings. The molecule has 3 heterocycles. The van der Waals surface area contributed by atoms with Crippen LogP contribution in [-0.2, 0) is 9.53 Å². The highest BCUT2D eigenvalue weighted by Crippen LogP contribution is 2.24. The molecule has 0 bridgehead atoms. The molecule has 0 aromatic carbocycles. The zero-order valence-corrected chi connectivity index (χ0v) is 16.8. The van der Waals surface area contributed by atoms with Crippen LogP contribution in [0.2, 0.25) is 0 Å². The summed E-state index contributed by atoms with van der Waals surface area (Å²) in [6, 6.07) is 3.72. The number of aryl methyl sites for hydroxylation is 1. The minimum Gasteiger partial charge on any atom is -0.376 e. The number of carbonyl (C=O) groups excluding carboxylic acids is 1. The Bertz CT molecular complexity index is 793. The minimum atomic E-state index is -0.204. The lowest BCUT2D eigenvalue weighted by atomic mass is 9.94. The summed E-state index contributed by atoms with van der Waals surface area (Å²) in [5.74, 6) is 2.64. The number of aromatic nitrogens is 3. The second-order valence-corrected chi connectivity index (χ2v) is 7.46. The van der Waals surface area contributed by atoms with Crippen molar-refractivity contribution in [2.45, 2.75) is 45.8 Å². The molecule has 2 aromatic heterocycles. The molecule has 28 heavy (non-hydrogen) atoms. The maximum absolute atomic E-state index is 12.2. The molecule has 1 amide bonds. The Labute approximate surface area is 164 Å². The van der Waals surface area contributed by atoms with E-state index in [0.717, 1.165) is 25.3 Å². The van der Waals surface area contributed by atoms with E-state index in [1.165, 1.54) is 6.33 Å². The van der Waals surface area contributed by atoms with Gasteiger partial charge in [0.15, 0.2) is 5.82 Å². The SMILES string of the molecule is Cc1cc(NC(=O)CN(C)c2cc(N[C@H]3CCCO[C@@H]3C(C)C)ncn2)no1. The summed E-state index contributed by atoms with van der Waals surface area (Å²) in [6.45, 7) is 7.03. The first kappa shape index (κ1) is 20.1. The second kappa shape index (κ2) is 9.01. The highest BCUT2D eigenvalue weighted by Gasteiger charge is 2.28. The summed E-state index contributed by atoms with van der Waals surface area (Å²) in [6.07, 6.45) is 3.72. The molecule has 0 aliphatic carbocycles. The maximum Gasteiger partial charge on any atom is 0.245 e. The molecular formula is C19H28N6O3. The van der Waals surface area contributed by atoms with Gasteiger partial charge in [-0.15, -0.1) is 0 Å². The zero-order chi connectivity index (χ0) is 20.1. The number of nitrogens with zero attached hydrogens (tertiary/aromatic N) is 4. The van der Waals surface area contributed by atoms with Gasteiger partial charge in [-0.25, -0.2) is 9.97 Å². The van der Waals surface area contributed by atoms with Crippen molar-refractivity contribution in [1.82, 2.24) is 15.1 Å². The Hall–Kier alpha value is -2.68. The molecule has 2 aromatic rings. The van der Waals surface area contributed by atoms with Crippen molar-refractivity contribution < 1.29 is 14.1 Å². The van der Waals surface area contributed by atoms with Crippen LogP contribution in [-0.4, -0.2) is 53.4 Å². The first-order valence-corrected chi connectivity index (χ1v) is 9.57. The van der Waals surface area contributed by atoms with Crippen molar-refractivity contribution in [3.63, 3.8) is 0 Å². The lowest BCUT2D eigenvalue weighted by Crippen LogP contribution is -2.43. The van der Waals surface area contributed by atoms with Gasteiger partial charge in [-0.1, -0.05) is 19.0 Å². The Morgan fingerprint density at radius 2 is 2.14 bits per heavy atom. The first-order chi connectivity index (χ1) is 13.4. The number of likely N-dealkylation sites (N-methyl/N-ethyl adjacent to an activating group) is 1. The van der Waals surface area contributed by atoms with Gasteiger partial charge in [0.1, 0.15) is 23.7 Å². The number of rotatable bonds is 7. The molecule has 1 aliphatic heterocycles. The van der Waals surface area contributed by atoms with E-state index in [1.807, 2.05) is 6.07 Å². The van der Waals surface area contributed by atoms with Gasteiger partial charge in [0.25, 0.3) is 0 Å². The van der Waals surface area contributed by atoms with Crippen molar-refractivity contribution >= 4 is 23.4 Å². The summed E-state index contributed by atoms with van der Waals surface area (Å²) >= 11 is 0. The molecule has 2 atom stereocenters. The van der Waals surface area contributed by atoms with E-state index >= 15 is 0 Å². The average Bonchev–Trinajstić information content (AvgIpc) is 3.06. The van der Waals surface area contributed by atoms with Gasteiger partial charge in [-0.2, -0.15) is 0 Å². The summed E-state index contributed by atoms with van der Waals surface area (Å²) in [4.78, 5) is 22.6. The molecule has 0 spiro atoms. The van der Waals surface area contributed by atoms with E-state index in [0.29, 0.717) is 23.3 Å². The predicted octanol–water partition coefficient (Wildman–Crippen LogP) is 2.46. The standard InChI is InChI=1S/C19H28N6O3/c1-12(2)19-14(6-5-7-27-19)22-15-9-17(21-11-20-15)25(4)10-18(26)23-16-8-13(3)28-24-16/h8-9,11-12,14,19H,5-7,10H2,1-4H3,(H,20,21,22)(H,23,24,26)/t14-,19+/m0/s1. The normalized spacial score (nSPS) is 19.5. The van der Waals surface area contributed by atoms with Crippen molar-refractivity contribution in [3.05, 3.63) is 24.2 Å². The predicted molar refractivity (Wildman–Crippen MR) is 106 cm³/mol. The van der Waals surface area contributed by atoms with Gasteiger partial charge in [-0.05, 0) is 25.7 Å². The van der Waals surface area contributed by atoms with Crippen LogP contribution >= 0.6 is 0 Å². The van der Waals surface area contributed by atoms with Gasteiger partial charge >= 0.3 is 0 Å². The molecular weight excluding hydrogens is 360 g/mol. The van der Waals surface area contributed by atoms with Gasteiger partial charge in [-0.3, -0.25) is 4.79 Å². The average molecular weight is 388 g/mol. The summed E-state index contributed by atoms with van der Waals surface area (Å²) in [5, 5.41) is 9.94. The van der Waals surface area contributed by atoms with Crippen molar-refractivity contribution in [3.8, 4) is 0 Å². The smallest absolute Gasteiger partial charge is 0.245 e. The van der Waals surface area contributed by atoms with Crippen molar-refractivity contribution in [2.75, 3.05) is 35.7 Å². The third-order valence-electron chi connectivity index (χ3n) is 4.68. The Morgan fingerprint density at radius 1 is 1.32 bits per heavy atom. The van der Waals surface area contributed by atoms with Crippen LogP contribution in [0.3, 0.4) is 0 Å². The Balaban J connectivity index is 1.60. The third kappa shape index (κ3) is 5.19. The third-order valence-corrected chi connectivity index (χ3v) is 4.68. The number of hydrogen-bond donors (Lipinski definition) is 2. The minimum absolute atomic E-state index is 0.128. The molecule has 1 fully saturated rings. The van der Waals surface area contributed by atoms with Crippen LogP contribution in [0.5, 0.6) is 0 Å². The van der Waals surface area contributed by atoms with E-state index in [1.54, 1.807) is 24.9 Å². The van der Waals surface area contributed by atoms with Crippen LogP contribution in [0.15, 0.2) is 23.0 Å². The number of anilines is 3. The lowest BCUT2D eigenvalue weighted by Gasteiger charge is -2.35. The second-order valence-electron chi connectivity index (χ2n) is 7.46. The lowest BCUT2D eigenvalue weighted by molar-refractivity contribution is -0.115. The van der Waals surface area contributed by atoms with Crippen LogP contribution in [0.4, 0.5) is 17.5 Å². The van der Waals surface area contributed by atoms with E-state index in [4.69, 9.17) is 9.26 Å². The molecule has 0 saturated carbocycles. The number of hydrogen-bond acceptors (Lipinski definition) is 8. The highest BCUT2D eigenvalue weighted by molar-refractivity contribution is 5.93. The molecule has 0 radical (unpaired) electrons. The van der Waals surface area contributed by atoms with Gasteiger partial charge in [0, 0.05) is 25.8 Å². The Kier molecular flexibility index (Phi) is 6.45. The van der Waals surface area contributed by atoms with E-state index in [9.17, 15) is 4.79 Å². The summed E-state index contributed by atoms with van der Waals surface area (Å²) in [7, 11) is 1.81. The van der Waals surface area contributed by atoms with Crippen molar-refractivity contribution in [1.29, 1.82) is 0 Å². The number of carbonyl (C=O) groups is 1. The molecule has 1 saturated heterocycles. The fourth-order valence-electron chi connectivity index (χ4n) is 3.34. The molecule has 2 N–H and O–H groups in total. The molecule has 0 unspecified atom stereocenters. The van der Waals surface area contributed by atoms with Crippen LogP contribution in [0, 0.1) is 12.8 Å². The molecule has 152 valence electrons. The quantitative estimate of drug-likeness (QED) is 0.745. The zero-order valence-electron chi connectivity index (χ0n) is 16.8. The van der Waals surface area contributed by atoms with Gasteiger partial charge < -0.3 is 24.8 Å². The van der Waals surface area contributed by atoms with Gasteiger partial charge in [0.2, 0.25) is 5.91 Å². The molecule has 3 rings (SSSR count).